The summed E-state index contributed by atoms with van der Waals surface area (Å²) >= 11 is 0. The average molecular weight is 503 g/mol. The molecule has 0 aromatic heterocycles. The van der Waals surface area contributed by atoms with Gasteiger partial charge in [-0.05, 0) is 19.3 Å². The second-order valence-electron chi connectivity index (χ2n) is 11.1. The van der Waals surface area contributed by atoms with E-state index in [0.29, 0.717) is 23.9 Å². The third kappa shape index (κ3) is 20.1. The number of unbranched alkanes of at least 4 members (excludes halogenated alkanes) is 17. The monoisotopic (exact) mass is 502 g/mol. The van der Waals surface area contributed by atoms with Gasteiger partial charge in [-0.1, -0.05) is 129 Å². The Balaban J connectivity index is 3.42. The molecule has 34 heavy (non-hydrogen) atoms. The summed E-state index contributed by atoms with van der Waals surface area (Å²) in [4.78, 5) is 10.3. The maximum atomic E-state index is 12.5. The minimum atomic E-state index is -3.58. The van der Waals surface area contributed by atoms with Crippen molar-refractivity contribution >= 4 is 7.60 Å². The minimum Gasteiger partial charge on any atom is -0.320 e. The summed E-state index contributed by atoms with van der Waals surface area (Å²) in [5, 5.41) is 0. The van der Waals surface area contributed by atoms with Crippen LogP contribution < -0.4 is 0 Å². The van der Waals surface area contributed by atoms with E-state index >= 15 is 0 Å². The van der Waals surface area contributed by atoms with Crippen LogP contribution >= 0.6 is 7.60 Å². The largest absolute Gasteiger partial charge is 0.385 e. The Kier molecular flexibility index (Phi) is 22.0. The Morgan fingerprint density at radius 3 is 1.44 bits per heavy atom. The normalized spacial score (nSPS) is 15.1. The van der Waals surface area contributed by atoms with E-state index in [1.54, 1.807) is 0 Å². The fourth-order valence-corrected chi connectivity index (χ4v) is 6.65. The van der Waals surface area contributed by atoms with Gasteiger partial charge in [-0.25, -0.2) is 0 Å². The highest BCUT2D eigenvalue weighted by Gasteiger charge is 2.41. The Bertz CT molecular complexity index is 516. The van der Waals surface area contributed by atoms with Crippen LogP contribution in [0.5, 0.6) is 0 Å². The van der Waals surface area contributed by atoms with Gasteiger partial charge in [0.1, 0.15) is 0 Å². The molecular formula is C29H61NO3P+. The second-order valence-corrected chi connectivity index (χ2v) is 13.1. The molecule has 0 aromatic carbocycles. The van der Waals surface area contributed by atoms with Crippen LogP contribution in [-0.2, 0) is 9.09 Å². The molecule has 2 unspecified atom stereocenters. The smallest absolute Gasteiger partial charge is 0.320 e. The number of hydrogen-bond acceptors (Lipinski definition) is 2. The molecule has 0 aliphatic heterocycles. The summed E-state index contributed by atoms with van der Waals surface area (Å²) in [5.41, 5.74) is 0. The molecule has 0 fully saturated rings. The van der Waals surface area contributed by atoms with E-state index in [1.807, 2.05) is 28.1 Å². The van der Waals surface area contributed by atoms with Crippen molar-refractivity contribution in [2.24, 2.45) is 0 Å². The zero-order chi connectivity index (χ0) is 25.5. The average Bonchev–Trinajstić information content (AvgIpc) is 2.76. The molecule has 0 bridgehead atoms. The highest BCUT2D eigenvalue weighted by atomic mass is 31.2. The quantitative estimate of drug-likeness (QED) is 0.0585. The molecule has 0 aromatic rings. The van der Waals surface area contributed by atoms with E-state index in [2.05, 4.69) is 19.1 Å². The van der Waals surface area contributed by atoms with Crippen molar-refractivity contribution < 1.29 is 18.5 Å². The summed E-state index contributed by atoms with van der Waals surface area (Å²) in [5.74, 6) is -0.369. The van der Waals surface area contributed by atoms with E-state index in [-0.39, 0.29) is 5.78 Å². The van der Waals surface area contributed by atoms with Gasteiger partial charge in [0.2, 0.25) is 0 Å². The van der Waals surface area contributed by atoms with Crippen molar-refractivity contribution in [1.29, 1.82) is 0 Å². The number of nitrogens with zero attached hydrogens (tertiary/aromatic N) is 1. The lowest BCUT2D eigenvalue weighted by atomic mass is 10.0. The molecule has 0 saturated heterocycles. The molecule has 0 saturated carbocycles. The van der Waals surface area contributed by atoms with Crippen LogP contribution in [0.2, 0.25) is 0 Å². The van der Waals surface area contributed by atoms with Crippen molar-refractivity contribution in [3.8, 4) is 0 Å². The zero-order valence-corrected chi connectivity index (χ0v) is 24.6. The van der Waals surface area contributed by atoms with Gasteiger partial charge in [0.15, 0.2) is 5.78 Å². The molecule has 204 valence electrons. The molecule has 4 nitrogen and oxygen atoms in total. The van der Waals surface area contributed by atoms with Crippen LogP contribution in [-0.4, -0.2) is 42.9 Å². The second kappa shape index (κ2) is 22.1. The number of hydrogen-bond donors (Lipinski definition) is 1. The van der Waals surface area contributed by atoms with Crippen LogP contribution in [0.1, 0.15) is 142 Å². The predicted molar refractivity (Wildman–Crippen MR) is 150 cm³/mol. The molecule has 0 aliphatic rings. The standard InChI is InChI=1S/C29H60NO3P/c1-6-8-9-10-11-12-13-14-15-16-17-18-19-20-21-22-23-24-25-26-27-28-33-34(31,32)29(7-2)30(3,4)5/h25-26,29H,6-24,27-28H2,1-5H3/p+1/b26-25-. The Hall–Kier alpha value is -0.150. The molecule has 0 aliphatic carbocycles. The first kappa shape index (κ1) is 33.8. The van der Waals surface area contributed by atoms with Gasteiger partial charge in [0, 0.05) is 6.42 Å². The molecule has 1 N–H and O–H groups in total. The van der Waals surface area contributed by atoms with E-state index in [9.17, 15) is 9.46 Å². The van der Waals surface area contributed by atoms with Crippen molar-refractivity contribution in [1.82, 2.24) is 0 Å². The predicted octanol–water partition coefficient (Wildman–Crippen LogP) is 9.62. The van der Waals surface area contributed by atoms with Crippen LogP contribution in [0.3, 0.4) is 0 Å². The molecule has 5 heteroatoms. The first-order chi connectivity index (χ1) is 16.3. The Morgan fingerprint density at radius 2 is 1.06 bits per heavy atom. The Morgan fingerprint density at radius 1 is 0.676 bits per heavy atom. The van der Waals surface area contributed by atoms with Gasteiger partial charge < -0.3 is 13.9 Å². The van der Waals surface area contributed by atoms with Gasteiger partial charge in [0.05, 0.1) is 27.7 Å². The van der Waals surface area contributed by atoms with E-state index in [4.69, 9.17) is 4.52 Å². The first-order valence-corrected chi connectivity index (χ1v) is 16.3. The van der Waals surface area contributed by atoms with Crippen molar-refractivity contribution in [3.05, 3.63) is 12.2 Å². The van der Waals surface area contributed by atoms with Gasteiger partial charge in [-0.2, -0.15) is 0 Å². The molecule has 2 atom stereocenters. The van der Waals surface area contributed by atoms with Gasteiger partial charge in [0.25, 0.3) is 0 Å². The lowest BCUT2D eigenvalue weighted by Crippen LogP contribution is -2.44. The molecular weight excluding hydrogens is 441 g/mol. The SMILES string of the molecule is CCCCCCCCCCCCCCCCCCC/C=C\CCOP(=O)(O)C(CC)[N+](C)(C)C. The number of rotatable bonds is 25. The minimum absolute atomic E-state index is 0.319. The van der Waals surface area contributed by atoms with Crippen molar-refractivity contribution in [2.75, 3.05) is 27.7 Å². The van der Waals surface area contributed by atoms with E-state index in [0.717, 1.165) is 6.42 Å². The molecule has 0 spiro atoms. The fourth-order valence-electron chi connectivity index (χ4n) is 4.78. The molecule has 0 heterocycles. The number of quaternary nitrogens is 1. The number of allylic oxidation sites excluding steroid dienone is 1. The molecule has 0 radical (unpaired) electrons. The summed E-state index contributed by atoms with van der Waals surface area (Å²) in [6, 6.07) is 0. The van der Waals surface area contributed by atoms with Crippen LogP contribution in [0.4, 0.5) is 0 Å². The van der Waals surface area contributed by atoms with Gasteiger partial charge >= 0.3 is 7.60 Å². The molecule has 0 rings (SSSR count). The van der Waals surface area contributed by atoms with Gasteiger partial charge in [-0.15, -0.1) is 0 Å². The van der Waals surface area contributed by atoms with Crippen LogP contribution in [0.15, 0.2) is 12.2 Å². The lowest BCUT2D eigenvalue weighted by molar-refractivity contribution is -0.883. The highest BCUT2D eigenvalue weighted by molar-refractivity contribution is 7.53. The van der Waals surface area contributed by atoms with Crippen molar-refractivity contribution in [3.63, 3.8) is 0 Å². The third-order valence-corrected chi connectivity index (χ3v) is 9.20. The maximum absolute atomic E-state index is 12.5. The van der Waals surface area contributed by atoms with Crippen molar-refractivity contribution in [2.45, 2.75) is 148 Å². The van der Waals surface area contributed by atoms with E-state index in [1.165, 1.54) is 109 Å². The molecule has 0 amide bonds. The van der Waals surface area contributed by atoms with Gasteiger partial charge in [-0.3, -0.25) is 4.57 Å². The summed E-state index contributed by atoms with van der Waals surface area (Å²) in [6.45, 7) is 4.55. The first-order valence-electron chi connectivity index (χ1n) is 14.7. The zero-order valence-electron chi connectivity index (χ0n) is 23.7. The summed E-state index contributed by atoms with van der Waals surface area (Å²) < 4.78 is 18.3. The Labute approximate surface area is 214 Å². The van der Waals surface area contributed by atoms with E-state index < -0.39 is 7.60 Å². The fraction of sp³-hybridized carbons (Fsp3) is 0.931. The third-order valence-electron chi connectivity index (χ3n) is 6.84. The van der Waals surface area contributed by atoms with Crippen LogP contribution in [0, 0.1) is 0 Å². The maximum Gasteiger partial charge on any atom is 0.385 e. The summed E-state index contributed by atoms with van der Waals surface area (Å²) in [6.07, 6.45) is 30.6. The topological polar surface area (TPSA) is 46.5 Å². The van der Waals surface area contributed by atoms with Crippen LogP contribution in [0.25, 0.3) is 0 Å². The lowest BCUT2D eigenvalue weighted by Gasteiger charge is -2.35. The summed E-state index contributed by atoms with van der Waals surface area (Å²) in [7, 11) is 2.25. The highest BCUT2D eigenvalue weighted by Crippen LogP contribution is 2.51.